The third-order valence-electron chi connectivity index (χ3n) is 2.29. The first-order valence-corrected chi connectivity index (χ1v) is 6.19. The van der Waals surface area contributed by atoms with Crippen LogP contribution in [0.4, 0.5) is 0 Å². The van der Waals surface area contributed by atoms with E-state index in [2.05, 4.69) is 26.2 Å². The molecule has 2 rings (SSSR count). The Hall–Kier alpha value is -1.26. The van der Waals surface area contributed by atoms with E-state index >= 15 is 0 Å². The van der Waals surface area contributed by atoms with E-state index in [1.54, 1.807) is 18.2 Å². The third kappa shape index (κ3) is 3.11. The van der Waals surface area contributed by atoms with Crippen LogP contribution >= 0.6 is 27.5 Å². The molecule has 1 aromatic heterocycles. The molecule has 3 nitrogen and oxygen atoms in total. The third-order valence-corrected chi connectivity index (χ3v) is 3.11. The number of nitrogens with one attached hydrogen (secondary N) is 2. The highest BCUT2D eigenvalue weighted by molar-refractivity contribution is 9.10. The number of aromatic amines is 1. The lowest BCUT2D eigenvalue weighted by atomic mass is 10.2. The lowest BCUT2D eigenvalue weighted by Crippen LogP contribution is -2.22. The Kier molecular flexibility index (Phi) is 3.86. The largest absolute Gasteiger partial charge is 0.367 e. The molecule has 2 aromatic rings. The van der Waals surface area contributed by atoms with Crippen molar-refractivity contribution in [2.24, 2.45) is 0 Å². The van der Waals surface area contributed by atoms with Gasteiger partial charge in [0.1, 0.15) is 0 Å². The van der Waals surface area contributed by atoms with E-state index < -0.39 is 0 Å². The Morgan fingerprint density at radius 1 is 1.41 bits per heavy atom. The zero-order valence-electron chi connectivity index (χ0n) is 8.84. The Bertz CT molecular complexity index is 525. The fourth-order valence-corrected chi connectivity index (χ4v) is 1.98. The molecule has 0 atom stereocenters. The van der Waals surface area contributed by atoms with Crippen molar-refractivity contribution in [1.82, 2.24) is 10.3 Å². The molecule has 1 aromatic carbocycles. The first-order chi connectivity index (χ1) is 8.16. The minimum absolute atomic E-state index is 0.183. The highest BCUT2D eigenvalue weighted by Crippen LogP contribution is 2.20. The van der Waals surface area contributed by atoms with Gasteiger partial charge in [-0.1, -0.05) is 27.5 Å². The van der Waals surface area contributed by atoms with Crippen LogP contribution in [0.5, 0.6) is 0 Å². The molecular weight excluding hydrogens is 304 g/mol. The van der Waals surface area contributed by atoms with Crippen molar-refractivity contribution in [2.45, 2.75) is 6.54 Å². The second-order valence-corrected chi connectivity index (χ2v) is 4.85. The van der Waals surface area contributed by atoms with Crippen LogP contribution in [0.1, 0.15) is 15.9 Å². The Labute approximate surface area is 112 Å². The van der Waals surface area contributed by atoms with Crippen LogP contribution in [-0.4, -0.2) is 10.9 Å². The van der Waals surface area contributed by atoms with Crippen molar-refractivity contribution >= 4 is 33.4 Å². The molecule has 0 aliphatic heterocycles. The number of hydrogen-bond acceptors (Lipinski definition) is 1. The molecule has 0 fully saturated rings. The fraction of sp³-hybridized carbons (Fsp3) is 0.0833. The van der Waals surface area contributed by atoms with Crippen LogP contribution in [-0.2, 0) is 6.54 Å². The second kappa shape index (κ2) is 5.38. The van der Waals surface area contributed by atoms with Crippen LogP contribution in [0.2, 0.25) is 5.02 Å². The smallest absolute Gasteiger partial charge is 0.253 e. The summed E-state index contributed by atoms with van der Waals surface area (Å²) in [7, 11) is 0. The van der Waals surface area contributed by atoms with Gasteiger partial charge in [-0.2, -0.15) is 0 Å². The van der Waals surface area contributed by atoms with Crippen LogP contribution < -0.4 is 5.32 Å². The average Bonchev–Trinajstić information content (AvgIpc) is 2.82. The Morgan fingerprint density at radius 3 is 2.94 bits per heavy atom. The van der Waals surface area contributed by atoms with Crippen molar-refractivity contribution in [3.8, 4) is 0 Å². The van der Waals surface area contributed by atoms with E-state index in [4.69, 9.17) is 11.6 Å². The highest BCUT2D eigenvalue weighted by Gasteiger charge is 2.10. The zero-order chi connectivity index (χ0) is 12.3. The van der Waals surface area contributed by atoms with E-state index in [9.17, 15) is 4.79 Å². The summed E-state index contributed by atoms with van der Waals surface area (Å²) in [5, 5.41) is 3.25. The van der Waals surface area contributed by atoms with Crippen molar-refractivity contribution < 1.29 is 4.79 Å². The monoisotopic (exact) mass is 312 g/mol. The number of amides is 1. The molecule has 88 valence electrons. The highest BCUT2D eigenvalue weighted by atomic mass is 79.9. The molecule has 1 heterocycles. The predicted molar refractivity (Wildman–Crippen MR) is 71.1 cm³/mol. The lowest BCUT2D eigenvalue weighted by Gasteiger charge is -2.06. The summed E-state index contributed by atoms with van der Waals surface area (Å²) in [5.74, 6) is -0.183. The molecule has 0 unspecified atom stereocenters. The molecule has 0 bridgehead atoms. The van der Waals surface area contributed by atoms with Gasteiger partial charge >= 0.3 is 0 Å². The fourth-order valence-electron chi connectivity index (χ4n) is 1.42. The number of aromatic nitrogens is 1. The number of halogens is 2. The molecule has 0 saturated heterocycles. The molecule has 2 N–H and O–H groups in total. The standard InChI is InChI=1S/C12H10BrClN2O/c13-9-1-2-11(14)10(5-9)12(17)16-7-8-3-4-15-6-8/h1-6,15H,7H2,(H,16,17). The van der Waals surface area contributed by atoms with Crippen LogP contribution in [0.25, 0.3) is 0 Å². The lowest BCUT2D eigenvalue weighted by molar-refractivity contribution is 0.0951. The van der Waals surface area contributed by atoms with Gasteiger partial charge in [0.15, 0.2) is 0 Å². The summed E-state index contributed by atoms with van der Waals surface area (Å²) >= 11 is 9.27. The summed E-state index contributed by atoms with van der Waals surface area (Å²) in [6, 6.07) is 7.10. The minimum atomic E-state index is -0.183. The molecular formula is C12H10BrClN2O. The van der Waals surface area contributed by atoms with E-state index in [0.717, 1.165) is 10.0 Å². The quantitative estimate of drug-likeness (QED) is 0.896. The number of benzene rings is 1. The van der Waals surface area contributed by atoms with Gasteiger partial charge in [-0.25, -0.2) is 0 Å². The maximum atomic E-state index is 11.9. The molecule has 0 saturated carbocycles. The summed E-state index contributed by atoms with van der Waals surface area (Å²) in [6.45, 7) is 0.477. The number of carbonyl (C=O) groups is 1. The first kappa shape index (κ1) is 12.2. The number of hydrogen-bond donors (Lipinski definition) is 2. The van der Waals surface area contributed by atoms with Gasteiger partial charge < -0.3 is 10.3 Å². The summed E-state index contributed by atoms with van der Waals surface area (Å²) in [4.78, 5) is 14.8. The number of carbonyl (C=O) groups excluding carboxylic acids is 1. The van der Waals surface area contributed by atoms with Gasteiger partial charge in [-0.3, -0.25) is 4.79 Å². The topological polar surface area (TPSA) is 44.9 Å². The van der Waals surface area contributed by atoms with Gasteiger partial charge in [0.2, 0.25) is 0 Å². The molecule has 0 aliphatic rings. The maximum absolute atomic E-state index is 11.9. The van der Waals surface area contributed by atoms with Gasteiger partial charge in [0.05, 0.1) is 10.6 Å². The average molecular weight is 314 g/mol. The molecule has 0 spiro atoms. The van der Waals surface area contributed by atoms with Crippen molar-refractivity contribution in [1.29, 1.82) is 0 Å². The number of H-pyrrole nitrogens is 1. The summed E-state index contributed by atoms with van der Waals surface area (Å²) < 4.78 is 0.827. The SMILES string of the molecule is O=C(NCc1cc[nH]c1)c1cc(Br)ccc1Cl. The molecule has 5 heteroatoms. The second-order valence-electron chi connectivity index (χ2n) is 3.53. The molecule has 0 aliphatic carbocycles. The predicted octanol–water partition coefficient (Wildman–Crippen LogP) is 3.36. The van der Waals surface area contributed by atoms with Gasteiger partial charge in [-0.05, 0) is 29.8 Å². The Balaban J connectivity index is 2.07. The van der Waals surface area contributed by atoms with Crippen molar-refractivity contribution in [3.63, 3.8) is 0 Å². The van der Waals surface area contributed by atoms with Crippen molar-refractivity contribution in [2.75, 3.05) is 0 Å². The van der Waals surface area contributed by atoms with Crippen molar-refractivity contribution in [3.05, 3.63) is 57.3 Å². The zero-order valence-corrected chi connectivity index (χ0v) is 11.2. The molecule has 1 amide bonds. The van der Waals surface area contributed by atoms with E-state index in [0.29, 0.717) is 17.1 Å². The normalized spacial score (nSPS) is 10.2. The van der Waals surface area contributed by atoms with Crippen LogP contribution in [0.3, 0.4) is 0 Å². The Morgan fingerprint density at radius 2 is 2.24 bits per heavy atom. The van der Waals surface area contributed by atoms with Crippen LogP contribution in [0.15, 0.2) is 41.1 Å². The summed E-state index contributed by atoms with van der Waals surface area (Å²) in [5.41, 5.74) is 1.49. The molecule has 0 radical (unpaired) electrons. The summed E-state index contributed by atoms with van der Waals surface area (Å²) in [6.07, 6.45) is 3.65. The number of rotatable bonds is 3. The van der Waals surface area contributed by atoms with Gasteiger partial charge in [-0.15, -0.1) is 0 Å². The van der Waals surface area contributed by atoms with Crippen LogP contribution in [0, 0.1) is 0 Å². The molecule has 17 heavy (non-hydrogen) atoms. The van der Waals surface area contributed by atoms with Gasteiger partial charge in [0.25, 0.3) is 5.91 Å². The van der Waals surface area contributed by atoms with Gasteiger partial charge in [0, 0.05) is 23.4 Å². The maximum Gasteiger partial charge on any atom is 0.253 e. The van der Waals surface area contributed by atoms with E-state index in [1.165, 1.54) is 0 Å². The first-order valence-electron chi connectivity index (χ1n) is 5.02. The van der Waals surface area contributed by atoms with E-state index in [1.807, 2.05) is 18.5 Å². The minimum Gasteiger partial charge on any atom is -0.367 e. The van der Waals surface area contributed by atoms with E-state index in [-0.39, 0.29) is 5.91 Å².